The Morgan fingerprint density at radius 2 is 1.88 bits per heavy atom. The first-order valence-corrected chi connectivity index (χ1v) is 9.05. The van der Waals surface area contributed by atoms with Gasteiger partial charge in [0.1, 0.15) is 5.82 Å². The van der Waals surface area contributed by atoms with E-state index in [-0.39, 0.29) is 16.6 Å². The molecule has 1 unspecified atom stereocenters. The van der Waals surface area contributed by atoms with Gasteiger partial charge in [-0.05, 0) is 24.5 Å². The van der Waals surface area contributed by atoms with E-state index in [9.17, 15) is 4.79 Å². The molecule has 1 aromatic heterocycles. The first-order valence-electron chi connectivity index (χ1n) is 8.18. The minimum absolute atomic E-state index is 0.0461. The number of amides is 1. The average Bonchev–Trinajstić information content (AvgIpc) is 2.96. The van der Waals surface area contributed by atoms with Crippen LogP contribution in [-0.4, -0.2) is 26.3 Å². The molecule has 0 aliphatic carbocycles. The molecule has 1 heterocycles. The zero-order valence-electron chi connectivity index (χ0n) is 15.2. The first kappa shape index (κ1) is 18.5. The van der Waals surface area contributed by atoms with Crippen LogP contribution in [0, 0.1) is 0 Å². The molecule has 1 amide bonds. The summed E-state index contributed by atoms with van der Waals surface area (Å²) in [6.45, 7) is 12.3. The normalized spacial score (nSPS) is 13.1. The van der Waals surface area contributed by atoms with Crippen molar-refractivity contribution in [3.63, 3.8) is 0 Å². The van der Waals surface area contributed by atoms with Gasteiger partial charge in [0.2, 0.25) is 11.1 Å². The predicted octanol–water partition coefficient (Wildman–Crippen LogP) is 4.34. The Balaban J connectivity index is 2.04. The van der Waals surface area contributed by atoms with Crippen molar-refractivity contribution >= 4 is 23.4 Å². The number of aromatic amines is 1. The van der Waals surface area contributed by atoms with Gasteiger partial charge in [0.05, 0.1) is 5.25 Å². The number of nitrogens with one attached hydrogen (secondary N) is 2. The maximum absolute atomic E-state index is 12.5. The van der Waals surface area contributed by atoms with E-state index in [0.29, 0.717) is 11.1 Å². The van der Waals surface area contributed by atoms with Crippen LogP contribution in [0.3, 0.4) is 0 Å². The minimum Gasteiger partial charge on any atom is -0.325 e. The summed E-state index contributed by atoms with van der Waals surface area (Å²) in [5, 5.41) is 10.5. The topological polar surface area (TPSA) is 70.7 Å². The van der Waals surface area contributed by atoms with E-state index in [0.717, 1.165) is 17.1 Å². The average molecular weight is 347 g/mol. The largest absolute Gasteiger partial charge is 0.325 e. The van der Waals surface area contributed by atoms with Gasteiger partial charge in [-0.2, -0.15) is 0 Å². The lowest BCUT2D eigenvalue weighted by Crippen LogP contribution is -2.23. The summed E-state index contributed by atoms with van der Waals surface area (Å²) in [4.78, 5) is 17.0. The molecule has 0 radical (unpaired) electrons. The molecule has 0 aliphatic heterocycles. The minimum atomic E-state index is -0.283. The van der Waals surface area contributed by atoms with Crippen LogP contribution in [0.15, 0.2) is 29.4 Å². The van der Waals surface area contributed by atoms with Gasteiger partial charge in [0.25, 0.3) is 0 Å². The van der Waals surface area contributed by atoms with E-state index in [4.69, 9.17) is 0 Å². The molecule has 2 rings (SSSR count). The molecule has 5 nitrogen and oxygen atoms in total. The van der Waals surface area contributed by atoms with Crippen molar-refractivity contribution in [2.24, 2.45) is 0 Å². The molecule has 1 aromatic carbocycles. The number of hydrogen-bond donors (Lipinski definition) is 2. The van der Waals surface area contributed by atoms with Gasteiger partial charge < -0.3 is 5.32 Å². The second-order valence-electron chi connectivity index (χ2n) is 7.21. The molecule has 130 valence electrons. The van der Waals surface area contributed by atoms with Crippen molar-refractivity contribution in [2.45, 2.75) is 63.3 Å². The lowest BCUT2D eigenvalue weighted by Gasteiger charge is -2.15. The Kier molecular flexibility index (Phi) is 5.70. The quantitative estimate of drug-likeness (QED) is 0.790. The van der Waals surface area contributed by atoms with E-state index in [1.165, 1.54) is 11.8 Å². The van der Waals surface area contributed by atoms with Crippen molar-refractivity contribution in [1.29, 1.82) is 0 Å². The number of H-pyrrole nitrogens is 1. The zero-order chi connectivity index (χ0) is 17.9. The fourth-order valence-electron chi connectivity index (χ4n) is 2.19. The van der Waals surface area contributed by atoms with Crippen molar-refractivity contribution in [2.75, 3.05) is 5.32 Å². The predicted molar refractivity (Wildman–Crippen MR) is 99.6 cm³/mol. The van der Waals surface area contributed by atoms with Crippen LogP contribution in [0.25, 0.3) is 0 Å². The van der Waals surface area contributed by atoms with E-state index in [1.807, 2.05) is 31.2 Å². The molecule has 2 N–H and O–H groups in total. The summed E-state index contributed by atoms with van der Waals surface area (Å²) < 4.78 is 0. The highest BCUT2D eigenvalue weighted by atomic mass is 32.2. The zero-order valence-corrected chi connectivity index (χ0v) is 16.0. The molecule has 24 heavy (non-hydrogen) atoms. The number of para-hydroxylation sites is 1. The Labute approximate surface area is 148 Å². The lowest BCUT2D eigenvalue weighted by molar-refractivity contribution is -0.115. The van der Waals surface area contributed by atoms with Crippen LogP contribution >= 0.6 is 11.8 Å². The summed E-state index contributed by atoms with van der Waals surface area (Å²) in [7, 11) is 0. The fourth-order valence-corrected chi connectivity index (χ4v) is 2.92. The Bertz CT molecular complexity index is 703. The van der Waals surface area contributed by atoms with Gasteiger partial charge in [-0.25, -0.2) is 4.98 Å². The summed E-state index contributed by atoms with van der Waals surface area (Å²) in [5.74, 6) is 1.13. The number of rotatable bonds is 5. The second-order valence-corrected chi connectivity index (χ2v) is 8.52. The molecule has 0 saturated carbocycles. The highest BCUT2D eigenvalue weighted by Gasteiger charge is 2.22. The van der Waals surface area contributed by atoms with Crippen LogP contribution in [0.1, 0.15) is 58.8 Å². The van der Waals surface area contributed by atoms with Crippen molar-refractivity contribution in [3.05, 3.63) is 35.7 Å². The van der Waals surface area contributed by atoms with Crippen LogP contribution < -0.4 is 5.32 Å². The number of nitrogens with zero attached hydrogens (tertiary/aromatic N) is 2. The maximum atomic E-state index is 12.5. The summed E-state index contributed by atoms with van der Waals surface area (Å²) in [5.41, 5.74) is 1.92. The molecule has 2 aromatic rings. The number of carbonyl (C=O) groups is 1. The molecule has 0 fully saturated rings. The van der Waals surface area contributed by atoms with Crippen molar-refractivity contribution < 1.29 is 4.79 Å². The van der Waals surface area contributed by atoms with Gasteiger partial charge in [-0.1, -0.05) is 64.6 Å². The lowest BCUT2D eigenvalue weighted by atomic mass is 9.96. The summed E-state index contributed by atoms with van der Waals surface area (Å²) >= 11 is 1.36. The van der Waals surface area contributed by atoms with Crippen molar-refractivity contribution in [3.8, 4) is 0 Å². The van der Waals surface area contributed by atoms with Crippen LogP contribution in [0.2, 0.25) is 0 Å². The smallest absolute Gasteiger partial charge is 0.237 e. The number of hydrogen-bond acceptors (Lipinski definition) is 4. The molecular formula is C18H26N4OS. The Morgan fingerprint density at radius 3 is 2.46 bits per heavy atom. The number of thioether (sulfide) groups is 1. The van der Waals surface area contributed by atoms with Gasteiger partial charge in [0.15, 0.2) is 0 Å². The van der Waals surface area contributed by atoms with E-state index < -0.39 is 0 Å². The molecule has 6 heteroatoms. The molecular weight excluding hydrogens is 320 g/mol. The van der Waals surface area contributed by atoms with Crippen LogP contribution in [0.4, 0.5) is 5.69 Å². The van der Waals surface area contributed by atoms with Gasteiger partial charge in [-0.15, -0.1) is 5.10 Å². The van der Waals surface area contributed by atoms with E-state index in [1.54, 1.807) is 0 Å². The third-order valence-corrected chi connectivity index (χ3v) is 4.63. The number of benzene rings is 1. The van der Waals surface area contributed by atoms with Crippen LogP contribution in [-0.2, 0) is 10.2 Å². The number of carbonyl (C=O) groups excluding carboxylic acids is 1. The van der Waals surface area contributed by atoms with Gasteiger partial charge in [0, 0.05) is 11.1 Å². The van der Waals surface area contributed by atoms with Crippen LogP contribution in [0.5, 0.6) is 0 Å². The van der Waals surface area contributed by atoms with Gasteiger partial charge >= 0.3 is 0 Å². The summed E-state index contributed by atoms with van der Waals surface area (Å²) in [6.07, 6.45) is 0. The third kappa shape index (κ3) is 4.60. The molecule has 1 atom stereocenters. The number of anilines is 1. The van der Waals surface area contributed by atoms with E-state index >= 15 is 0 Å². The summed E-state index contributed by atoms with van der Waals surface area (Å²) in [6, 6.07) is 7.91. The highest BCUT2D eigenvalue weighted by Crippen LogP contribution is 2.27. The maximum Gasteiger partial charge on any atom is 0.237 e. The Hall–Kier alpha value is -1.82. The first-order chi connectivity index (χ1) is 11.2. The molecule has 0 bridgehead atoms. The molecule has 0 saturated heterocycles. The SMILES string of the molecule is CC(Sc1n[nH]c(C(C)(C)C)n1)C(=O)Nc1ccccc1C(C)C. The van der Waals surface area contributed by atoms with Crippen molar-refractivity contribution in [1.82, 2.24) is 15.2 Å². The Morgan fingerprint density at radius 1 is 1.21 bits per heavy atom. The number of aromatic nitrogens is 3. The molecule has 0 spiro atoms. The fraction of sp³-hybridized carbons (Fsp3) is 0.500. The molecule has 0 aliphatic rings. The third-order valence-electron chi connectivity index (χ3n) is 3.67. The van der Waals surface area contributed by atoms with Gasteiger partial charge in [-0.3, -0.25) is 9.89 Å². The van der Waals surface area contributed by atoms with E-state index in [2.05, 4.69) is 55.1 Å². The standard InChI is InChI=1S/C18H26N4OS/c1-11(2)13-9-7-8-10-14(13)19-15(23)12(3)24-17-20-16(21-22-17)18(4,5)6/h7-12H,1-6H3,(H,19,23)(H,20,21,22). The highest BCUT2D eigenvalue weighted by molar-refractivity contribution is 8.00. The monoisotopic (exact) mass is 346 g/mol. The second kappa shape index (κ2) is 7.38.